The second-order valence-corrected chi connectivity index (χ2v) is 11.9. The standard InChI is InChI=1S/C33H39ClN2O4/c1-6-7-10-26-21-27(34)17-19-33(26,36-22-35(31(38)39)20-18-23(36)2)25-15-13-24(14-16-25)28-11-8-9-12-29(28)30(37)40-32(3,4)5/h8-9,11-18,20-21,23H,6-7,10,19,22H2,1-5H3,(H,38,39). The van der Waals surface area contributed by atoms with Crippen LogP contribution in [0.15, 0.2) is 83.6 Å². The molecule has 1 heterocycles. The summed E-state index contributed by atoms with van der Waals surface area (Å²) < 4.78 is 5.67. The van der Waals surface area contributed by atoms with Gasteiger partial charge in [0.1, 0.15) is 5.60 Å². The summed E-state index contributed by atoms with van der Waals surface area (Å²) in [5.41, 5.74) is 3.29. The number of benzene rings is 2. The van der Waals surface area contributed by atoms with Gasteiger partial charge in [0.25, 0.3) is 0 Å². The van der Waals surface area contributed by atoms with Gasteiger partial charge in [-0.15, -0.1) is 0 Å². The molecule has 0 spiro atoms. The number of carboxylic acid groups (broad SMARTS) is 1. The summed E-state index contributed by atoms with van der Waals surface area (Å²) in [7, 11) is 0. The summed E-state index contributed by atoms with van der Waals surface area (Å²) in [6.45, 7) is 10.1. The molecular formula is C33H39ClN2O4. The molecule has 2 atom stereocenters. The van der Waals surface area contributed by atoms with Crippen LogP contribution in [0.2, 0.25) is 0 Å². The zero-order valence-electron chi connectivity index (χ0n) is 24.0. The summed E-state index contributed by atoms with van der Waals surface area (Å²) in [6.07, 6.45) is 10.2. The van der Waals surface area contributed by atoms with E-state index in [2.05, 4.69) is 37.0 Å². The van der Waals surface area contributed by atoms with Gasteiger partial charge in [0.2, 0.25) is 0 Å². The lowest BCUT2D eigenvalue weighted by atomic mass is 9.73. The van der Waals surface area contributed by atoms with Gasteiger partial charge in [-0.05, 0) is 81.4 Å². The normalized spacial score (nSPS) is 21.6. The third kappa shape index (κ3) is 6.18. The first kappa shape index (κ1) is 29.6. The predicted molar refractivity (Wildman–Crippen MR) is 160 cm³/mol. The van der Waals surface area contributed by atoms with Crippen molar-refractivity contribution in [2.75, 3.05) is 6.67 Å². The highest BCUT2D eigenvalue weighted by Gasteiger charge is 2.45. The van der Waals surface area contributed by atoms with Crippen LogP contribution in [0.1, 0.15) is 76.2 Å². The van der Waals surface area contributed by atoms with E-state index in [0.717, 1.165) is 36.0 Å². The van der Waals surface area contributed by atoms with Gasteiger partial charge >= 0.3 is 12.1 Å². The zero-order valence-corrected chi connectivity index (χ0v) is 24.7. The molecule has 1 aliphatic heterocycles. The van der Waals surface area contributed by atoms with Crippen LogP contribution < -0.4 is 0 Å². The molecule has 1 N–H and O–H groups in total. The molecule has 2 aliphatic rings. The van der Waals surface area contributed by atoms with Crippen LogP contribution in [0.25, 0.3) is 11.1 Å². The number of carbonyl (C=O) groups excluding carboxylic acids is 1. The molecule has 2 aromatic carbocycles. The minimum Gasteiger partial charge on any atom is -0.465 e. The number of allylic oxidation sites excluding steroid dienone is 2. The maximum Gasteiger partial charge on any atom is 0.412 e. The third-order valence-electron chi connectivity index (χ3n) is 7.53. The smallest absolute Gasteiger partial charge is 0.412 e. The number of hydrogen-bond donors (Lipinski definition) is 1. The van der Waals surface area contributed by atoms with E-state index in [1.807, 2.05) is 63.3 Å². The average molecular weight is 563 g/mol. The van der Waals surface area contributed by atoms with Crippen molar-refractivity contribution in [3.63, 3.8) is 0 Å². The molecule has 0 fully saturated rings. The van der Waals surface area contributed by atoms with E-state index in [-0.39, 0.29) is 18.7 Å². The highest BCUT2D eigenvalue weighted by atomic mass is 35.5. The Hall–Kier alpha value is -3.35. The minimum absolute atomic E-state index is 0.00141. The first-order chi connectivity index (χ1) is 19.0. The highest BCUT2D eigenvalue weighted by molar-refractivity contribution is 6.31. The fourth-order valence-corrected chi connectivity index (χ4v) is 5.78. The molecule has 1 amide bonds. The number of carbonyl (C=O) groups is 2. The molecule has 212 valence electrons. The summed E-state index contributed by atoms with van der Waals surface area (Å²) in [6, 6.07) is 15.8. The second-order valence-electron chi connectivity index (χ2n) is 11.5. The van der Waals surface area contributed by atoms with E-state index in [1.54, 1.807) is 12.3 Å². The largest absolute Gasteiger partial charge is 0.465 e. The average Bonchev–Trinajstić information content (AvgIpc) is 2.91. The molecule has 0 saturated heterocycles. The van der Waals surface area contributed by atoms with Crippen LogP contribution in [0.5, 0.6) is 0 Å². The van der Waals surface area contributed by atoms with Crippen LogP contribution >= 0.6 is 11.6 Å². The van der Waals surface area contributed by atoms with Crippen molar-refractivity contribution < 1.29 is 19.4 Å². The lowest BCUT2D eigenvalue weighted by Gasteiger charge is -2.51. The number of rotatable bonds is 7. The number of nitrogens with zero attached hydrogens (tertiary/aromatic N) is 2. The molecule has 1 aliphatic carbocycles. The van der Waals surface area contributed by atoms with Gasteiger partial charge in [0.05, 0.1) is 17.8 Å². The Morgan fingerprint density at radius 3 is 2.48 bits per heavy atom. The van der Waals surface area contributed by atoms with Crippen molar-refractivity contribution >= 4 is 23.7 Å². The lowest BCUT2D eigenvalue weighted by Crippen LogP contribution is -2.57. The predicted octanol–water partition coefficient (Wildman–Crippen LogP) is 8.30. The number of unbranched alkanes of at least 4 members (excludes halogenated alkanes) is 1. The Bertz CT molecular complexity index is 1340. The van der Waals surface area contributed by atoms with Gasteiger partial charge in [-0.3, -0.25) is 9.80 Å². The van der Waals surface area contributed by atoms with Crippen LogP contribution in [-0.2, 0) is 10.3 Å². The fourth-order valence-electron chi connectivity index (χ4n) is 5.57. The van der Waals surface area contributed by atoms with Gasteiger partial charge in [0, 0.05) is 17.3 Å². The first-order valence-corrected chi connectivity index (χ1v) is 14.3. The van der Waals surface area contributed by atoms with Crippen molar-refractivity contribution in [2.24, 2.45) is 0 Å². The summed E-state index contributed by atoms with van der Waals surface area (Å²) >= 11 is 6.56. The van der Waals surface area contributed by atoms with Crippen LogP contribution in [0.3, 0.4) is 0 Å². The Morgan fingerprint density at radius 2 is 1.82 bits per heavy atom. The van der Waals surface area contributed by atoms with E-state index in [1.165, 1.54) is 10.5 Å². The molecule has 40 heavy (non-hydrogen) atoms. The topological polar surface area (TPSA) is 70.1 Å². The van der Waals surface area contributed by atoms with Gasteiger partial charge in [-0.25, -0.2) is 9.59 Å². The van der Waals surface area contributed by atoms with Crippen molar-refractivity contribution in [3.8, 4) is 11.1 Å². The monoisotopic (exact) mass is 562 g/mol. The molecule has 0 radical (unpaired) electrons. The minimum atomic E-state index is -0.985. The molecule has 4 rings (SSSR count). The van der Waals surface area contributed by atoms with E-state index >= 15 is 0 Å². The van der Waals surface area contributed by atoms with Crippen molar-refractivity contribution in [1.29, 1.82) is 0 Å². The Labute approximate surface area is 242 Å². The molecular weight excluding hydrogens is 524 g/mol. The fraction of sp³-hybridized carbons (Fsp3) is 0.394. The molecule has 2 aromatic rings. The lowest BCUT2D eigenvalue weighted by molar-refractivity contribution is 0.00702. The van der Waals surface area contributed by atoms with Gasteiger partial charge < -0.3 is 9.84 Å². The van der Waals surface area contributed by atoms with Crippen LogP contribution in [-0.4, -0.2) is 45.3 Å². The van der Waals surface area contributed by atoms with E-state index in [9.17, 15) is 14.7 Å². The molecule has 2 unspecified atom stereocenters. The first-order valence-electron chi connectivity index (χ1n) is 13.9. The van der Waals surface area contributed by atoms with Crippen molar-refractivity contribution in [1.82, 2.24) is 9.80 Å². The Balaban J connectivity index is 1.80. The number of ether oxygens (including phenoxy) is 1. The quantitative estimate of drug-likeness (QED) is 0.344. The maximum absolute atomic E-state index is 13.0. The molecule has 0 saturated carbocycles. The van der Waals surface area contributed by atoms with Gasteiger partial charge in [-0.2, -0.15) is 0 Å². The van der Waals surface area contributed by atoms with Gasteiger partial charge in [0.15, 0.2) is 0 Å². The number of hydrogen-bond acceptors (Lipinski definition) is 4. The Kier molecular flexibility index (Phi) is 8.91. The third-order valence-corrected chi connectivity index (χ3v) is 7.80. The number of amides is 1. The summed E-state index contributed by atoms with van der Waals surface area (Å²) in [5, 5.41) is 10.5. The van der Waals surface area contributed by atoms with E-state index in [4.69, 9.17) is 16.3 Å². The SMILES string of the molecule is CCCCC1=CC(Cl)=CCC1(c1ccc(-c2ccccc2C(=O)OC(C)(C)C)cc1)N1CN(C(=O)O)C=CC1C. The number of halogens is 1. The molecule has 0 bridgehead atoms. The summed E-state index contributed by atoms with van der Waals surface area (Å²) in [5.74, 6) is -0.358. The molecule has 7 heteroatoms. The second kappa shape index (κ2) is 12.0. The van der Waals surface area contributed by atoms with Crippen molar-refractivity contribution in [2.45, 2.75) is 77.5 Å². The van der Waals surface area contributed by atoms with E-state index < -0.39 is 17.2 Å². The Morgan fingerprint density at radius 1 is 1.12 bits per heavy atom. The van der Waals surface area contributed by atoms with Crippen LogP contribution in [0.4, 0.5) is 4.79 Å². The zero-order chi connectivity index (χ0) is 29.1. The summed E-state index contributed by atoms with van der Waals surface area (Å²) in [4.78, 5) is 28.6. The van der Waals surface area contributed by atoms with Crippen LogP contribution in [0, 0.1) is 0 Å². The highest BCUT2D eigenvalue weighted by Crippen LogP contribution is 2.47. The van der Waals surface area contributed by atoms with Crippen molar-refractivity contribution in [3.05, 3.63) is 94.7 Å². The van der Waals surface area contributed by atoms with E-state index in [0.29, 0.717) is 17.0 Å². The number of esters is 1. The maximum atomic E-state index is 13.0. The van der Waals surface area contributed by atoms with Gasteiger partial charge in [-0.1, -0.05) is 79.6 Å². The molecule has 0 aromatic heterocycles. The molecule has 6 nitrogen and oxygen atoms in total.